The van der Waals surface area contributed by atoms with Gasteiger partial charge in [0.2, 0.25) is 0 Å². The third-order valence-corrected chi connectivity index (χ3v) is 3.23. The summed E-state index contributed by atoms with van der Waals surface area (Å²) in [6.07, 6.45) is -0.388. The van der Waals surface area contributed by atoms with Crippen LogP contribution in [-0.2, 0) is 6.54 Å². The molecule has 0 bridgehead atoms. The minimum Gasteiger partial charge on any atom is -0.504 e. The van der Waals surface area contributed by atoms with Crippen molar-refractivity contribution in [2.24, 2.45) is 5.92 Å². The molecule has 0 aliphatic carbocycles. The Morgan fingerprint density at radius 3 is 2.61 bits per heavy atom. The van der Waals surface area contributed by atoms with E-state index in [-0.39, 0.29) is 17.8 Å². The highest BCUT2D eigenvalue weighted by Crippen LogP contribution is 2.33. The topological polar surface area (TPSA) is 61.7 Å². The van der Waals surface area contributed by atoms with Gasteiger partial charge in [-0.1, -0.05) is 29.8 Å². The highest BCUT2D eigenvalue weighted by Gasteiger charge is 2.11. The molecule has 1 unspecified atom stereocenters. The Morgan fingerprint density at radius 1 is 1.39 bits per heavy atom. The molecular weight excluding hydrogens is 298 g/mol. The third kappa shape index (κ3) is 4.15. The van der Waals surface area contributed by atoms with Crippen LogP contribution in [0.3, 0.4) is 0 Å². The van der Waals surface area contributed by atoms with Crippen molar-refractivity contribution in [1.82, 2.24) is 5.32 Å². The van der Waals surface area contributed by atoms with Gasteiger partial charge in [0.25, 0.3) is 0 Å². The molecule has 18 heavy (non-hydrogen) atoms. The van der Waals surface area contributed by atoms with Gasteiger partial charge in [-0.15, -0.1) is 0 Å². The minimum absolute atomic E-state index is 0.132. The summed E-state index contributed by atoms with van der Waals surface area (Å²) in [5, 5.41) is 22.7. The zero-order valence-corrected chi connectivity index (χ0v) is 12.5. The van der Waals surface area contributed by atoms with Crippen LogP contribution in [0.25, 0.3) is 0 Å². The second-order valence-electron chi connectivity index (χ2n) is 4.56. The fraction of sp³-hybridized carbons (Fsp3) is 0.538. The third-order valence-electron chi connectivity index (χ3n) is 2.78. The zero-order chi connectivity index (χ0) is 13.7. The zero-order valence-electron chi connectivity index (χ0n) is 10.9. The van der Waals surface area contributed by atoms with Crippen LogP contribution in [0.15, 0.2) is 16.6 Å². The second kappa shape index (κ2) is 6.97. The number of ether oxygens (including phenoxy) is 1. The van der Waals surface area contributed by atoms with Crippen LogP contribution in [0.4, 0.5) is 0 Å². The number of hydrogen-bond acceptors (Lipinski definition) is 4. The van der Waals surface area contributed by atoms with Gasteiger partial charge in [-0.2, -0.15) is 0 Å². The van der Waals surface area contributed by atoms with Gasteiger partial charge in [0.05, 0.1) is 13.2 Å². The van der Waals surface area contributed by atoms with Crippen LogP contribution in [0, 0.1) is 5.92 Å². The number of hydrogen-bond donors (Lipinski definition) is 3. The molecule has 0 aromatic heterocycles. The molecule has 0 saturated heterocycles. The molecule has 0 amide bonds. The van der Waals surface area contributed by atoms with E-state index in [9.17, 15) is 10.2 Å². The fourth-order valence-corrected chi connectivity index (χ4v) is 1.99. The highest BCUT2D eigenvalue weighted by atomic mass is 79.9. The molecule has 102 valence electrons. The van der Waals surface area contributed by atoms with Crippen molar-refractivity contribution in [3.63, 3.8) is 0 Å². The van der Waals surface area contributed by atoms with E-state index < -0.39 is 0 Å². The molecule has 1 rings (SSSR count). The van der Waals surface area contributed by atoms with E-state index in [0.717, 1.165) is 10.0 Å². The molecule has 4 nitrogen and oxygen atoms in total. The van der Waals surface area contributed by atoms with E-state index in [1.54, 1.807) is 6.07 Å². The summed E-state index contributed by atoms with van der Waals surface area (Å²) < 4.78 is 5.92. The van der Waals surface area contributed by atoms with Crippen LogP contribution < -0.4 is 10.1 Å². The smallest absolute Gasteiger partial charge is 0.162 e. The predicted molar refractivity (Wildman–Crippen MR) is 74.9 cm³/mol. The minimum atomic E-state index is -0.388. The van der Waals surface area contributed by atoms with Crippen molar-refractivity contribution >= 4 is 15.9 Å². The van der Waals surface area contributed by atoms with E-state index in [2.05, 4.69) is 21.2 Å². The summed E-state index contributed by atoms with van der Waals surface area (Å²) in [6, 6.07) is 3.54. The Bertz CT molecular complexity index is 396. The summed E-state index contributed by atoms with van der Waals surface area (Å²) >= 11 is 3.36. The van der Waals surface area contributed by atoms with Gasteiger partial charge in [-0.05, 0) is 18.1 Å². The summed E-state index contributed by atoms with van der Waals surface area (Å²) in [5.41, 5.74) is 0.734. The fourth-order valence-electron chi connectivity index (χ4n) is 1.51. The predicted octanol–water partition coefficient (Wildman–Crippen LogP) is 2.27. The monoisotopic (exact) mass is 317 g/mol. The first-order valence-corrected chi connectivity index (χ1v) is 6.69. The maximum absolute atomic E-state index is 9.94. The van der Waals surface area contributed by atoms with Gasteiger partial charge >= 0.3 is 0 Å². The molecule has 1 aromatic carbocycles. The van der Waals surface area contributed by atoms with Gasteiger partial charge in [0.15, 0.2) is 11.5 Å². The Balaban J connectivity index is 2.65. The lowest BCUT2D eigenvalue weighted by atomic mass is 10.1. The summed E-state index contributed by atoms with van der Waals surface area (Å²) in [7, 11) is 1.52. The standard InChI is InChI=1S/C13H20BrNO3/c1-8(2)11(16)7-15-6-9-4-10(14)5-12(18-3)13(9)17/h4-5,8,11,15-17H,6-7H2,1-3H3. The van der Waals surface area contributed by atoms with E-state index in [4.69, 9.17) is 4.74 Å². The van der Waals surface area contributed by atoms with Gasteiger partial charge in [-0.25, -0.2) is 0 Å². The number of rotatable bonds is 6. The molecular formula is C13H20BrNO3. The number of nitrogens with one attached hydrogen (secondary N) is 1. The lowest BCUT2D eigenvalue weighted by Gasteiger charge is -2.16. The average molecular weight is 318 g/mol. The van der Waals surface area contributed by atoms with Crippen molar-refractivity contribution in [2.45, 2.75) is 26.5 Å². The molecule has 3 N–H and O–H groups in total. The van der Waals surface area contributed by atoms with Crippen molar-refractivity contribution in [2.75, 3.05) is 13.7 Å². The Morgan fingerprint density at radius 2 is 2.06 bits per heavy atom. The molecule has 5 heteroatoms. The van der Waals surface area contributed by atoms with Crippen LogP contribution in [0.1, 0.15) is 19.4 Å². The van der Waals surface area contributed by atoms with Gasteiger partial charge < -0.3 is 20.3 Å². The maximum Gasteiger partial charge on any atom is 0.162 e. The molecule has 0 spiro atoms. The van der Waals surface area contributed by atoms with Crippen molar-refractivity contribution in [1.29, 1.82) is 0 Å². The number of aromatic hydroxyl groups is 1. The first-order chi connectivity index (χ1) is 8.45. The Kier molecular flexibility index (Phi) is 5.91. The number of phenols is 1. The number of methoxy groups -OCH3 is 1. The van der Waals surface area contributed by atoms with E-state index in [1.807, 2.05) is 19.9 Å². The maximum atomic E-state index is 9.94. The lowest BCUT2D eigenvalue weighted by Crippen LogP contribution is -2.30. The quantitative estimate of drug-likeness (QED) is 0.753. The van der Waals surface area contributed by atoms with Crippen molar-refractivity contribution in [3.8, 4) is 11.5 Å². The van der Waals surface area contributed by atoms with Crippen LogP contribution >= 0.6 is 15.9 Å². The van der Waals surface area contributed by atoms with E-state index >= 15 is 0 Å². The number of phenolic OH excluding ortho intramolecular Hbond substituents is 1. The van der Waals surface area contributed by atoms with E-state index in [0.29, 0.717) is 18.8 Å². The van der Waals surface area contributed by atoms with Gasteiger partial charge in [0, 0.05) is 23.1 Å². The average Bonchev–Trinajstić information content (AvgIpc) is 2.32. The summed E-state index contributed by atoms with van der Waals surface area (Å²) in [4.78, 5) is 0. The largest absolute Gasteiger partial charge is 0.504 e. The van der Waals surface area contributed by atoms with Crippen LogP contribution in [0.2, 0.25) is 0 Å². The Hall–Kier alpha value is -0.780. The molecule has 0 aliphatic heterocycles. The number of halogens is 1. The van der Waals surface area contributed by atoms with E-state index in [1.165, 1.54) is 7.11 Å². The second-order valence-corrected chi connectivity index (χ2v) is 5.47. The number of aliphatic hydroxyl groups excluding tert-OH is 1. The number of benzene rings is 1. The molecule has 0 heterocycles. The lowest BCUT2D eigenvalue weighted by molar-refractivity contribution is 0.123. The molecule has 0 aliphatic rings. The van der Waals surface area contributed by atoms with Crippen LogP contribution in [0.5, 0.6) is 11.5 Å². The first kappa shape index (κ1) is 15.3. The number of aliphatic hydroxyl groups is 1. The molecule has 1 aromatic rings. The highest BCUT2D eigenvalue weighted by molar-refractivity contribution is 9.10. The SMILES string of the molecule is COc1cc(Br)cc(CNCC(O)C(C)C)c1O. The molecule has 0 fully saturated rings. The molecule has 0 saturated carbocycles. The Labute approximate surface area is 116 Å². The van der Waals surface area contributed by atoms with Crippen molar-refractivity contribution < 1.29 is 14.9 Å². The van der Waals surface area contributed by atoms with Gasteiger partial charge in [-0.3, -0.25) is 0 Å². The molecule has 1 atom stereocenters. The van der Waals surface area contributed by atoms with Crippen molar-refractivity contribution in [3.05, 3.63) is 22.2 Å². The summed E-state index contributed by atoms with van der Waals surface area (Å²) in [5.74, 6) is 0.779. The molecule has 0 radical (unpaired) electrons. The first-order valence-electron chi connectivity index (χ1n) is 5.89. The normalized spacial score (nSPS) is 12.8. The van der Waals surface area contributed by atoms with Crippen LogP contribution in [-0.4, -0.2) is 30.0 Å². The van der Waals surface area contributed by atoms with Gasteiger partial charge in [0.1, 0.15) is 0 Å². The summed E-state index contributed by atoms with van der Waals surface area (Å²) in [6.45, 7) is 4.90.